The van der Waals surface area contributed by atoms with Crippen molar-refractivity contribution in [2.75, 3.05) is 11.9 Å². The highest BCUT2D eigenvalue weighted by Crippen LogP contribution is 2.18. The van der Waals surface area contributed by atoms with Crippen molar-refractivity contribution >= 4 is 24.0 Å². The highest BCUT2D eigenvalue weighted by Gasteiger charge is 2.27. The summed E-state index contributed by atoms with van der Waals surface area (Å²) in [6.45, 7) is 2.30. The maximum Gasteiger partial charge on any atom is 0.241 e. The molecule has 8 heteroatoms. The first-order valence-electron chi connectivity index (χ1n) is 6.83. The fourth-order valence-corrected chi connectivity index (χ4v) is 2.32. The summed E-state index contributed by atoms with van der Waals surface area (Å²) >= 11 is 0. The Labute approximate surface area is 133 Å². The average Bonchev–Trinajstić information content (AvgIpc) is 3.08. The number of rotatable bonds is 3. The predicted molar refractivity (Wildman–Crippen MR) is 84.8 cm³/mol. The normalized spacial score (nSPS) is 20.5. The van der Waals surface area contributed by atoms with Crippen LogP contribution in [0.3, 0.4) is 0 Å². The molecule has 2 aromatic rings. The quantitative estimate of drug-likeness (QED) is 0.671. The van der Waals surface area contributed by atoms with Crippen molar-refractivity contribution in [2.24, 2.45) is 0 Å². The SMILES string of the molecule is Cc1nc(-c2ccc(NC(=O)C3CC(O)CN3)cc2)n[nH]1.Cl. The minimum Gasteiger partial charge on any atom is -0.392 e. The molecular weight excluding hydrogens is 306 g/mol. The third-order valence-electron chi connectivity index (χ3n) is 3.43. The molecule has 0 saturated carbocycles. The van der Waals surface area contributed by atoms with Gasteiger partial charge in [-0.1, -0.05) is 0 Å². The summed E-state index contributed by atoms with van der Waals surface area (Å²) < 4.78 is 0. The molecule has 1 aromatic carbocycles. The number of aliphatic hydroxyl groups is 1. The average molecular weight is 324 g/mol. The van der Waals surface area contributed by atoms with Crippen LogP contribution in [0.25, 0.3) is 11.4 Å². The number of nitrogens with one attached hydrogen (secondary N) is 3. The van der Waals surface area contributed by atoms with Gasteiger partial charge in [0.05, 0.1) is 12.1 Å². The Morgan fingerprint density at radius 1 is 1.36 bits per heavy atom. The van der Waals surface area contributed by atoms with Crippen molar-refractivity contribution in [1.82, 2.24) is 20.5 Å². The van der Waals surface area contributed by atoms with E-state index in [-0.39, 0.29) is 24.4 Å². The highest BCUT2D eigenvalue weighted by molar-refractivity contribution is 5.95. The zero-order valence-corrected chi connectivity index (χ0v) is 12.9. The molecule has 4 N–H and O–H groups in total. The maximum atomic E-state index is 12.0. The van der Waals surface area contributed by atoms with Crippen LogP contribution in [0.2, 0.25) is 0 Å². The van der Waals surface area contributed by atoms with Crippen LogP contribution in [0.15, 0.2) is 24.3 Å². The molecule has 0 radical (unpaired) electrons. The molecule has 0 bridgehead atoms. The monoisotopic (exact) mass is 323 g/mol. The number of hydrogen-bond acceptors (Lipinski definition) is 5. The lowest BCUT2D eigenvalue weighted by Crippen LogP contribution is -2.35. The van der Waals surface area contributed by atoms with Crippen LogP contribution in [0.1, 0.15) is 12.2 Å². The fourth-order valence-electron chi connectivity index (χ4n) is 2.32. The summed E-state index contributed by atoms with van der Waals surface area (Å²) in [4.78, 5) is 16.3. The number of carbonyl (C=O) groups is 1. The number of halogens is 1. The third kappa shape index (κ3) is 3.62. The van der Waals surface area contributed by atoms with E-state index in [0.29, 0.717) is 24.5 Å². The van der Waals surface area contributed by atoms with E-state index in [9.17, 15) is 9.90 Å². The van der Waals surface area contributed by atoms with Gasteiger partial charge in [-0.05, 0) is 37.6 Å². The standard InChI is InChI=1S/C14H17N5O2.ClH/c1-8-16-13(19-18-8)9-2-4-10(5-3-9)17-14(21)12-6-11(20)7-15-12;/h2-5,11-12,15,20H,6-7H2,1H3,(H,17,21)(H,16,18,19);1H. The summed E-state index contributed by atoms with van der Waals surface area (Å²) in [7, 11) is 0. The molecule has 0 aliphatic carbocycles. The Kier molecular flexibility index (Phi) is 5.12. The van der Waals surface area contributed by atoms with E-state index in [2.05, 4.69) is 25.8 Å². The van der Waals surface area contributed by atoms with E-state index < -0.39 is 6.10 Å². The van der Waals surface area contributed by atoms with Crippen LogP contribution in [-0.2, 0) is 4.79 Å². The number of β-amino-alcohol motifs (C(OH)–C–C–N with tert-alkyl or cyclic N) is 1. The number of aryl methyl sites for hydroxylation is 1. The number of amides is 1. The van der Waals surface area contributed by atoms with E-state index in [1.54, 1.807) is 0 Å². The summed E-state index contributed by atoms with van der Waals surface area (Å²) in [6.07, 6.45) is -0.00230. The van der Waals surface area contributed by atoms with Gasteiger partial charge in [0.25, 0.3) is 0 Å². The molecule has 3 rings (SSSR count). The van der Waals surface area contributed by atoms with Crippen LogP contribution in [0, 0.1) is 6.92 Å². The number of anilines is 1. The van der Waals surface area contributed by atoms with Crippen molar-refractivity contribution in [3.63, 3.8) is 0 Å². The Bertz CT molecular complexity index is 643. The minimum atomic E-state index is -0.447. The summed E-state index contributed by atoms with van der Waals surface area (Å²) in [5, 5.41) is 22.1. The Balaban J connectivity index is 0.00000176. The third-order valence-corrected chi connectivity index (χ3v) is 3.43. The Morgan fingerprint density at radius 2 is 2.09 bits per heavy atom. The molecular formula is C14H18ClN5O2. The van der Waals surface area contributed by atoms with Gasteiger partial charge in [-0.15, -0.1) is 12.4 Å². The van der Waals surface area contributed by atoms with Gasteiger partial charge in [0.1, 0.15) is 5.82 Å². The van der Waals surface area contributed by atoms with Crippen LogP contribution in [0.5, 0.6) is 0 Å². The van der Waals surface area contributed by atoms with Crippen molar-refractivity contribution in [3.8, 4) is 11.4 Å². The molecule has 2 atom stereocenters. The second-order valence-electron chi connectivity index (χ2n) is 5.16. The molecule has 1 aliphatic rings. The summed E-state index contributed by atoms with van der Waals surface area (Å²) in [5.41, 5.74) is 1.59. The number of H-pyrrole nitrogens is 1. The Hall–Kier alpha value is -1.96. The number of aliphatic hydroxyl groups excluding tert-OH is 1. The lowest BCUT2D eigenvalue weighted by molar-refractivity contribution is -0.117. The zero-order valence-electron chi connectivity index (χ0n) is 12.0. The van der Waals surface area contributed by atoms with Crippen molar-refractivity contribution < 1.29 is 9.90 Å². The molecule has 1 saturated heterocycles. The number of aromatic nitrogens is 3. The maximum absolute atomic E-state index is 12.0. The molecule has 22 heavy (non-hydrogen) atoms. The number of aromatic amines is 1. The van der Waals surface area contributed by atoms with Crippen molar-refractivity contribution in [3.05, 3.63) is 30.1 Å². The second-order valence-corrected chi connectivity index (χ2v) is 5.16. The summed E-state index contributed by atoms with van der Waals surface area (Å²) in [6, 6.07) is 6.99. The first-order chi connectivity index (χ1) is 10.1. The van der Waals surface area contributed by atoms with Gasteiger partial charge in [0, 0.05) is 17.8 Å². The predicted octanol–water partition coefficient (Wildman–Crippen LogP) is 0.863. The molecule has 2 unspecified atom stereocenters. The minimum absolute atomic E-state index is 0. The lowest BCUT2D eigenvalue weighted by atomic mass is 10.1. The van der Waals surface area contributed by atoms with Crippen LogP contribution < -0.4 is 10.6 Å². The topological polar surface area (TPSA) is 103 Å². The fraction of sp³-hybridized carbons (Fsp3) is 0.357. The van der Waals surface area contributed by atoms with Crippen molar-refractivity contribution in [2.45, 2.75) is 25.5 Å². The van der Waals surface area contributed by atoms with Gasteiger partial charge in [-0.25, -0.2) is 4.98 Å². The molecule has 1 fully saturated rings. The number of nitrogens with zero attached hydrogens (tertiary/aromatic N) is 2. The van der Waals surface area contributed by atoms with Gasteiger partial charge >= 0.3 is 0 Å². The van der Waals surface area contributed by atoms with Crippen LogP contribution in [-0.4, -0.2) is 44.9 Å². The van der Waals surface area contributed by atoms with Gasteiger partial charge in [0.15, 0.2) is 5.82 Å². The molecule has 7 nitrogen and oxygen atoms in total. The Morgan fingerprint density at radius 3 is 2.64 bits per heavy atom. The van der Waals surface area contributed by atoms with Gasteiger partial charge < -0.3 is 15.7 Å². The lowest BCUT2D eigenvalue weighted by Gasteiger charge is -2.11. The first kappa shape index (κ1) is 16.4. The highest BCUT2D eigenvalue weighted by atomic mass is 35.5. The first-order valence-corrected chi connectivity index (χ1v) is 6.83. The number of hydrogen-bond donors (Lipinski definition) is 4. The largest absolute Gasteiger partial charge is 0.392 e. The van der Waals surface area contributed by atoms with Crippen LogP contribution in [0.4, 0.5) is 5.69 Å². The van der Waals surface area contributed by atoms with E-state index in [0.717, 1.165) is 11.4 Å². The van der Waals surface area contributed by atoms with Gasteiger partial charge in [-0.2, -0.15) is 5.10 Å². The molecule has 2 heterocycles. The molecule has 118 valence electrons. The molecule has 1 aromatic heterocycles. The van der Waals surface area contributed by atoms with Gasteiger partial charge in [-0.3, -0.25) is 9.89 Å². The molecule has 1 amide bonds. The van der Waals surface area contributed by atoms with E-state index in [4.69, 9.17) is 0 Å². The number of carbonyl (C=O) groups excluding carboxylic acids is 1. The zero-order chi connectivity index (χ0) is 14.8. The van der Waals surface area contributed by atoms with E-state index >= 15 is 0 Å². The molecule has 0 spiro atoms. The van der Waals surface area contributed by atoms with Crippen molar-refractivity contribution in [1.29, 1.82) is 0 Å². The van der Waals surface area contributed by atoms with Gasteiger partial charge in [0.2, 0.25) is 5.91 Å². The van der Waals surface area contributed by atoms with E-state index in [1.807, 2.05) is 31.2 Å². The number of benzene rings is 1. The van der Waals surface area contributed by atoms with E-state index in [1.165, 1.54) is 0 Å². The molecule has 1 aliphatic heterocycles. The van der Waals surface area contributed by atoms with Crippen LogP contribution >= 0.6 is 12.4 Å². The summed E-state index contributed by atoms with van der Waals surface area (Å²) in [5.74, 6) is 1.26. The smallest absolute Gasteiger partial charge is 0.241 e. The second kappa shape index (κ2) is 6.87.